The van der Waals surface area contributed by atoms with Gasteiger partial charge in [-0.1, -0.05) is 70.1 Å². The van der Waals surface area contributed by atoms with Crippen molar-refractivity contribution in [1.82, 2.24) is 4.40 Å². The van der Waals surface area contributed by atoms with Gasteiger partial charge in [0, 0.05) is 27.2 Å². The number of aryl methyl sites for hydroxylation is 2. The van der Waals surface area contributed by atoms with Crippen LogP contribution in [-0.2, 0) is 5.41 Å². The fourth-order valence-electron chi connectivity index (χ4n) is 5.68. The minimum atomic E-state index is -0.335. The van der Waals surface area contributed by atoms with E-state index in [-0.39, 0.29) is 5.41 Å². The lowest BCUT2D eigenvalue weighted by Gasteiger charge is -2.28. The molecule has 0 amide bonds. The molecular formula is C25H18B7N. The first-order valence-electron chi connectivity index (χ1n) is 10.9. The third-order valence-electron chi connectivity index (χ3n) is 7.45. The number of aromatic nitrogens is 1. The molecule has 8 heteroatoms. The molecule has 0 aliphatic heterocycles. The third-order valence-corrected chi connectivity index (χ3v) is 7.45. The zero-order chi connectivity index (χ0) is 24.5. The van der Waals surface area contributed by atoms with Crippen LogP contribution < -0.4 is 38.2 Å². The van der Waals surface area contributed by atoms with Crippen LogP contribution in [-0.4, -0.2) is 59.3 Å². The fourth-order valence-corrected chi connectivity index (χ4v) is 5.68. The molecule has 5 rings (SSSR count). The van der Waals surface area contributed by atoms with Crippen LogP contribution in [0.2, 0.25) is 0 Å². The zero-order valence-corrected chi connectivity index (χ0v) is 20.0. The second kappa shape index (κ2) is 6.74. The summed E-state index contributed by atoms with van der Waals surface area (Å²) in [5, 5.41) is 3.48. The summed E-state index contributed by atoms with van der Waals surface area (Å²) in [6, 6.07) is 0. The number of benzene rings is 3. The molecule has 0 atom stereocenters. The van der Waals surface area contributed by atoms with Crippen molar-refractivity contribution in [1.29, 1.82) is 0 Å². The van der Waals surface area contributed by atoms with Crippen molar-refractivity contribution in [3.05, 3.63) is 22.3 Å². The predicted molar refractivity (Wildman–Crippen MR) is 152 cm³/mol. The highest BCUT2D eigenvalue weighted by atomic mass is 14.9. The Bertz CT molecular complexity index is 1690. The van der Waals surface area contributed by atoms with E-state index < -0.39 is 0 Å². The van der Waals surface area contributed by atoms with E-state index in [0.717, 1.165) is 54.8 Å². The second-order valence-electron chi connectivity index (χ2n) is 10.3. The molecule has 0 aliphatic carbocycles. The van der Waals surface area contributed by atoms with Gasteiger partial charge in [-0.15, -0.1) is 0 Å². The van der Waals surface area contributed by atoms with Crippen LogP contribution in [0.5, 0.6) is 0 Å². The molecule has 0 unspecified atom stereocenters. The molecule has 0 saturated carbocycles. The van der Waals surface area contributed by atoms with Gasteiger partial charge in [0.15, 0.2) is 0 Å². The highest BCUT2D eigenvalue weighted by Gasteiger charge is 2.29. The Balaban J connectivity index is 2.32. The maximum Gasteiger partial charge on any atom is 0.115 e. The zero-order valence-electron chi connectivity index (χ0n) is 20.0. The molecule has 0 fully saturated rings. The summed E-state index contributed by atoms with van der Waals surface area (Å²) in [5.41, 5.74) is 9.10. The molecule has 0 N–H and O–H groups in total. The molecule has 3 aromatic carbocycles. The van der Waals surface area contributed by atoms with Crippen LogP contribution in [0.4, 0.5) is 0 Å². The molecule has 2 heterocycles. The number of hydrogen-bond donors (Lipinski definition) is 0. The molecule has 0 spiro atoms. The molecule has 0 saturated heterocycles. The Hall–Kier alpha value is -2.09. The van der Waals surface area contributed by atoms with Crippen LogP contribution in [0.25, 0.3) is 38.1 Å². The van der Waals surface area contributed by atoms with Crippen LogP contribution in [0.1, 0.15) is 43.0 Å². The molecular weight excluding hydrogens is 390 g/mol. The lowest BCUT2D eigenvalue weighted by Crippen LogP contribution is -2.42. The van der Waals surface area contributed by atoms with Crippen molar-refractivity contribution < 1.29 is 0 Å². The fraction of sp³-hybridized carbons (Fsp3) is 0.280. The van der Waals surface area contributed by atoms with Crippen molar-refractivity contribution in [3.63, 3.8) is 0 Å². The van der Waals surface area contributed by atoms with E-state index >= 15 is 0 Å². The minimum Gasteiger partial charge on any atom is -0.309 e. The Morgan fingerprint density at radius 2 is 0.909 bits per heavy atom. The predicted octanol–water partition coefficient (Wildman–Crippen LogP) is -1.38. The SMILES string of the molecule is [B]c1c([B])c2c3c([B])c(C(C)(C)C)c([B])c([B])c3n3c4c([B])c([B])c(C)c(C)c4c(c1C)c23. The van der Waals surface area contributed by atoms with Crippen molar-refractivity contribution in [3.8, 4) is 0 Å². The topological polar surface area (TPSA) is 4.41 Å². The largest absolute Gasteiger partial charge is 0.309 e. The van der Waals surface area contributed by atoms with E-state index in [9.17, 15) is 0 Å². The van der Waals surface area contributed by atoms with Crippen molar-refractivity contribution >= 4 is 131 Å². The summed E-state index contributed by atoms with van der Waals surface area (Å²) < 4.78 is 2.03. The van der Waals surface area contributed by atoms with Crippen molar-refractivity contribution in [2.45, 2.75) is 47.0 Å². The first-order chi connectivity index (χ1) is 15.2. The van der Waals surface area contributed by atoms with E-state index in [1.807, 2.05) is 25.2 Å². The second-order valence-corrected chi connectivity index (χ2v) is 10.3. The summed E-state index contributed by atoms with van der Waals surface area (Å²) in [6.45, 7) is 12.2. The third kappa shape index (κ3) is 2.53. The average molecular weight is 408 g/mol. The summed E-state index contributed by atoms with van der Waals surface area (Å²) in [5.74, 6) is 0. The van der Waals surface area contributed by atoms with E-state index in [0.29, 0.717) is 43.8 Å². The lowest BCUT2D eigenvalue weighted by atomic mass is 9.64. The van der Waals surface area contributed by atoms with E-state index in [1.165, 1.54) is 0 Å². The quantitative estimate of drug-likeness (QED) is 0.279. The smallest absolute Gasteiger partial charge is 0.115 e. The van der Waals surface area contributed by atoms with E-state index in [1.54, 1.807) is 0 Å². The normalized spacial score (nSPS) is 12.8. The van der Waals surface area contributed by atoms with Gasteiger partial charge in [-0.3, -0.25) is 0 Å². The summed E-state index contributed by atoms with van der Waals surface area (Å²) in [7, 11) is 46.5. The molecule has 0 aliphatic rings. The molecule has 33 heavy (non-hydrogen) atoms. The summed E-state index contributed by atoms with van der Waals surface area (Å²) in [6.07, 6.45) is 0. The van der Waals surface area contributed by atoms with Crippen LogP contribution >= 0.6 is 0 Å². The molecule has 144 valence electrons. The maximum atomic E-state index is 6.83. The monoisotopic (exact) mass is 409 g/mol. The minimum absolute atomic E-state index is 0.335. The van der Waals surface area contributed by atoms with Gasteiger partial charge in [0.2, 0.25) is 0 Å². The summed E-state index contributed by atoms with van der Waals surface area (Å²) >= 11 is 0. The van der Waals surface area contributed by atoms with Crippen LogP contribution in [0.15, 0.2) is 0 Å². The van der Waals surface area contributed by atoms with Gasteiger partial charge in [0.05, 0.1) is 5.52 Å². The number of hydrogen-bond acceptors (Lipinski definition) is 0. The Labute approximate surface area is 204 Å². The lowest BCUT2D eigenvalue weighted by molar-refractivity contribution is 0.599. The van der Waals surface area contributed by atoms with Gasteiger partial charge < -0.3 is 4.40 Å². The van der Waals surface area contributed by atoms with Gasteiger partial charge in [0.1, 0.15) is 54.9 Å². The van der Waals surface area contributed by atoms with E-state index in [4.69, 9.17) is 54.9 Å². The maximum absolute atomic E-state index is 6.83. The Morgan fingerprint density at radius 1 is 0.455 bits per heavy atom. The molecule has 2 aromatic heterocycles. The molecule has 5 aromatic rings. The number of rotatable bonds is 0. The van der Waals surface area contributed by atoms with Gasteiger partial charge in [-0.25, -0.2) is 0 Å². The van der Waals surface area contributed by atoms with Gasteiger partial charge in [0.25, 0.3) is 0 Å². The molecule has 0 bridgehead atoms. The molecule has 14 radical (unpaired) electrons. The number of nitrogens with zero attached hydrogens (tertiary/aromatic N) is 1. The van der Waals surface area contributed by atoms with E-state index in [2.05, 4.69) is 20.8 Å². The van der Waals surface area contributed by atoms with Crippen molar-refractivity contribution in [2.75, 3.05) is 0 Å². The Morgan fingerprint density at radius 3 is 1.48 bits per heavy atom. The average Bonchev–Trinajstić information content (AvgIpc) is 3.25. The highest BCUT2D eigenvalue weighted by molar-refractivity contribution is 6.63. The summed E-state index contributed by atoms with van der Waals surface area (Å²) in [4.78, 5) is 0. The van der Waals surface area contributed by atoms with Gasteiger partial charge >= 0.3 is 0 Å². The number of fused-ring (bicyclic) bond motifs is 6. The first kappa shape index (κ1) is 22.7. The van der Waals surface area contributed by atoms with Crippen LogP contribution in [0.3, 0.4) is 0 Å². The molecule has 1 nitrogen and oxygen atoms in total. The standard InChI is InChI=1S/C25H18B7N/c1-7-8(2)15(26)20(31)23-10(7)11-9(3)16(27)18(29)13-12-17(28)14(25(4,5)6)19(30)21(32)24(12)33(23)22(11)13/h1-6H3. The highest BCUT2D eigenvalue weighted by Crippen LogP contribution is 2.39. The van der Waals surface area contributed by atoms with Gasteiger partial charge in [-0.2, -0.15) is 0 Å². The van der Waals surface area contributed by atoms with Gasteiger partial charge in [-0.05, 0) is 42.7 Å². The van der Waals surface area contributed by atoms with Crippen molar-refractivity contribution in [2.24, 2.45) is 0 Å². The first-order valence-corrected chi connectivity index (χ1v) is 10.9. The van der Waals surface area contributed by atoms with Crippen LogP contribution in [0, 0.1) is 20.8 Å². The Kier molecular flexibility index (Phi) is 4.64.